The predicted molar refractivity (Wildman–Crippen MR) is 119 cm³/mol. The highest BCUT2D eigenvalue weighted by Crippen LogP contribution is 2.21. The van der Waals surface area contributed by atoms with Gasteiger partial charge in [0.25, 0.3) is 5.91 Å². The zero-order valence-electron chi connectivity index (χ0n) is 16.4. The van der Waals surface area contributed by atoms with Crippen molar-refractivity contribution >= 4 is 52.5 Å². The maximum atomic E-state index is 13.7. The molecule has 2 amide bonds. The van der Waals surface area contributed by atoms with Crippen LogP contribution in [-0.2, 0) is 17.9 Å². The fraction of sp³-hybridized carbons (Fsp3) is 0.200. The molecule has 3 aromatic rings. The van der Waals surface area contributed by atoms with Gasteiger partial charge in [-0.1, -0.05) is 47.1 Å². The van der Waals surface area contributed by atoms with E-state index in [1.165, 1.54) is 30.0 Å². The standard InChI is InChI=1S/C20H18Cl2FN5O2S/c1-2-28-17(10-24-19(30)13-8-7-12(21)9-14(13)22)26-27-20(28)31-11-18(29)25-16-6-4-3-5-15(16)23/h3-9H,2,10-11H2,1H3,(H,24,30)(H,25,29). The minimum absolute atomic E-state index is 0.0270. The highest BCUT2D eigenvalue weighted by molar-refractivity contribution is 7.99. The van der Waals surface area contributed by atoms with Crippen molar-refractivity contribution in [3.63, 3.8) is 0 Å². The van der Waals surface area contributed by atoms with Crippen LogP contribution < -0.4 is 10.6 Å². The van der Waals surface area contributed by atoms with Gasteiger partial charge in [-0.25, -0.2) is 4.39 Å². The summed E-state index contributed by atoms with van der Waals surface area (Å²) < 4.78 is 15.4. The molecule has 1 heterocycles. The number of thioether (sulfide) groups is 1. The lowest BCUT2D eigenvalue weighted by molar-refractivity contribution is -0.113. The Bertz CT molecular complexity index is 1110. The van der Waals surface area contributed by atoms with Crippen LogP contribution in [0.25, 0.3) is 0 Å². The molecule has 0 fully saturated rings. The van der Waals surface area contributed by atoms with Gasteiger partial charge >= 0.3 is 0 Å². The number of hydrogen-bond acceptors (Lipinski definition) is 5. The lowest BCUT2D eigenvalue weighted by atomic mass is 10.2. The van der Waals surface area contributed by atoms with Crippen molar-refractivity contribution in [1.82, 2.24) is 20.1 Å². The summed E-state index contributed by atoms with van der Waals surface area (Å²) in [5.74, 6) is -0.688. The summed E-state index contributed by atoms with van der Waals surface area (Å²) in [6.45, 7) is 2.56. The number of carbonyl (C=O) groups is 2. The molecular weight excluding hydrogens is 464 g/mol. The molecule has 0 unspecified atom stereocenters. The van der Waals surface area contributed by atoms with Gasteiger partial charge in [0.1, 0.15) is 5.82 Å². The van der Waals surface area contributed by atoms with Crippen molar-refractivity contribution in [3.05, 3.63) is 69.7 Å². The number of anilines is 1. The molecule has 31 heavy (non-hydrogen) atoms. The second kappa shape index (κ2) is 10.6. The molecule has 0 aliphatic heterocycles. The lowest BCUT2D eigenvalue weighted by Gasteiger charge is -2.09. The summed E-state index contributed by atoms with van der Waals surface area (Å²) in [6, 6.07) is 10.6. The number of amides is 2. The first kappa shape index (κ1) is 23.1. The van der Waals surface area contributed by atoms with Crippen molar-refractivity contribution in [3.8, 4) is 0 Å². The first-order valence-corrected chi connectivity index (χ1v) is 11.0. The predicted octanol–water partition coefficient (Wildman–Crippen LogP) is 4.40. The largest absolute Gasteiger partial charge is 0.345 e. The number of aromatic nitrogens is 3. The first-order chi connectivity index (χ1) is 14.9. The lowest BCUT2D eigenvalue weighted by Crippen LogP contribution is -2.25. The SMILES string of the molecule is CCn1c(CNC(=O)c2ccc(Cl)cc2Cl)nnc1SCC(=O)Nc1ccccc1F. The smallest absolute Gasteiger partial charge is 0.253 e. The van der Waals surface area contributed by atoms with Gasteiger partial charge in [0.2, 0.25) is 5.91 Å². The fourth-order valence-electron chi connectivity index (χ4n) is 2.68. The van der Waals surface area contributed by atoms with Crippen LogP contribution in [0, 0.1) is 5.82 Å². The molecule has 7 nitrogen and oxygen atoms in total. The van der Waals surface area contributed by atoms with Gasteiger partial charge in [-0.05, 0) is 37.3 Å². The second-order valence-electron chi connectivity index (χ2n) is 6.27. The highest BCUT2D eigenvalue weighted by atomic mass is 35.5. The third kappa shape index (κ3) is 5.96. The molecule has 2 aromatic carbocycles. The molecule has 162 valence electrons. The van der Waals surface area contributed by atoms with Crippen LogP contribution >= 0.6 is 35.0 Å². The zero-order valence-corrected chi connectivity index (χ0v) is 18.7. The average Bonchev–Trinajstić information content (AvgIpc) is 3.14. The Morgan fingerprint density at radius 1 is 1.16 bits per heavy atom. The van der Waals surface area contributed by atoms with Crippen molar-refractivity contribution < 1.29 is 14.0 Å². The number of nitrogens with one attached hydrogen (secondary N) is 2. The summed E-state index contributed by atoms with van der Waals surface area (Å²) in [6.07, 6.45) is 0. The van der Waals surface area contributed by atoms with Gasteiger partial charge in [0.15, 0.2) is 11.0 Å². The molecule has 3 rings (SSSR count). The molecule has 0 saturated carbocycles. The van der Waals surface area contributed by atoms with E-state index in [1.807, 2.05) is 6.92 Å². The van der Waals surface area contributed by atoms with E-state index in [1.54, 1.807) is 28.8 Å². The van der Waals surface area contributed by atoms with Crippen molar-refractivity contribution in [2.24, 2.45) is 0 Å². The Hall–Kier alpha value is -2.62. The normalized spacial score (nSPS) is 10.7. The number of benzene rings is 2. The molecule has 0 spiro atoms. The number of carbonyl (C=O) groups excluding carboxylic acids is 2. The van der Waals surface area contributed by atoms with Gasteiger partial charge in [-0.2, -0.15) is 0 Å². The molecule has 11 heteroatoms. The summed E-state index contributed by atoms with van der Waals surface area (Å²) in [4.78, 5) is 24.5. The van der Waals surface area contributed by atoms with E-state index in [4.69, 9.17) is 23.2 Å². The van der Waals surface area contributed by atoms with Crippen LogP contribution in [0.4, 0.5) is 10.1 Å². The first-order valence-electron chi connectivity index (χ1n) is 9.21. The maximum absolute atomic E-state index is 13.7. The number of para-hydroxylation sites is 1. The molecule has 0 saturated heterocycles. The molecule has 0 aliphatic rings. The fourth-order valence-corrected chi connectivity index (χ4v) is 4.00. The Morgan fingerprint density at radius 2 is 1.94 bits per heavy atom. The Kier molecular flexibility index (Phi) is 7.89. The molecular formula is C20H18Cl2FN5O2S. The summed E-state index contributed by atoms with van der Waals surface area (Å²) in [7, 11) is 0. The molecule has 0 aliphatic carbocycles. The van der Waals surface area contributed by atoms with Crippen LogP contribution in [0.3, 0.4) is 0 Å². The van der Waals surface area contributed by atoms with Crippen LogP contribution in [0.15, 0.2) is 47.6 Å². The van der Waals surface area contributed by atoms with Gasteiger partial charge in [0.05, 0.1) is 28.6 Å². The molecule has 0 bridgehead atoms. The van der Waals surface area contributed by atoms with Crippen LogP contribution in [0.2, 0.25) is 10.0 Å². The van der Waals surface area contributed by atoms with Crippen molar-refractivity contribution in [1.29, 1.82) is 0 Å². The molecule has 0 atom stereocenters. The van der Waals surface area contributed by atoms with E-state index in [0.29, 0.717) is 28.1 Å². The Labute approximate surface area is 192 Å². The number of nitrogens with zero attached hydrogens (tertiary/aromatic N) is 3. The van der Waals surface area contributed by atoms with E-state index in [0.717, 1.165) is 0 Å². The highest BCUT2D eigenvalue weighted by Gasteiger charge is 2.16. The van der Waals surface area contributed by atoms with Crippen molar-refractivity contribution in [2.45, 2.75) is 25.2 Å². The third-order valence-corrected chi connectivity index (χ3v) is 5.69. The minimum atomic E-state index is -0.503. The molecule has 1 aromatic heterocycles. The summed E-state index contributed by atoms with van der Waals surface area (Å²) >= 11 is 13.1. The minimum Gasteiger partial charge on any atom is -0.345 e. The quantitative estimate of drug-likeness (QED) is 0.465. The number of hydrogen-bond donors (Lipinski definition) is 2. The molecule has 2 N–H and O–H groups in total. The zero-order chi connectivity index (χ0) is 22.4. The number of rotatable bonds is 8. The number of halogens is 3. The van der Waals surface area contributed by atoms with Crippen LogP contribution in [0.5, 0.6) is 0 Å². The van der Waals surface area contributed by atoms with E-state index >= 15 is 0 Å². The Morgan fingerprint density at radius 3 is 2.65 bits per heavy atom. The van der Waals surface area contributed by atoms with Gasteiger partial charge in [0, 0.05) is 11.6 Å². The van der Waals surface area contributed by atoms with Crippen molar-refractivity contribution in [2.75, 3.05) is 11.1 Å². The second-order valence-corrected chi connectivity index (χ2v) is 8.05. The summed E-state index contributed by atoms with van der Waals surface area (Å²) in [5, 5.41) is 14.7. The van der Waals surface area contributed by atoms with E-state index in [-0.39, 0.29) is 34.8 Å². The molecule has 0 radical (unpaired) electrons. The Balaban J connectivity index is 1.59. The maximum Gasteiger partial charge on any atom is 0.253 e. The van der Waals surface area contributed by atoms with Gasteiger partial charge in [-0.3, -0.25) is 9.59 Å². The average molecular weight is 482 g/mol. The van der Waals surface area contributed by atoms with E-state index < -0.39 is 5.82 Å². The van der Waals surface area contributed by atoms with Crippen LogP contribution in [-0.4, -0.2) is 32.3 Å². The third-order valence-electron chi connectivity index (χ3n) is 4.17. The van der Waals surface area contributed by atoms with Crippen LogP contribution in [0.1, 0.15) is 23.1 Å². The topological polar surface area (TPSA) is 88.9 Å². The summed E-state index contributed by atoms with van der Waals surface area (Å²) in [5.41, 5.74) is 0.419. The van der Waals surface area contributed by atoms with E-state index in [2.05, 4.69) is 20.8 Å². The van der Waals surface area contributed by atoms with E-state index in [9.17, 15) is 14.0 Å². The van der Waals surface area contributed by atoms with Gasteiger partial charge < -0.3 is 15.2 Å². The monoisotopic (exact) mass is 481 g/mol. The van der Waals surface area contributed by atoms with Gasteiger partial charge in [-0.15, -0.1) is 10.2 Å².